The van der Waals surface area contributed by atoms with Crippen molar-refractivity contribution in [3.8, 4) is 5.75 Å². The Kier molecular flexibility index (Phi) is 3.39. The molecule has 0 saturated carbocycles. The average Bonchev–Trinajstić information content (AvgIpc) is 2.05. The summed E-state index contributed by atoms with van der Waals surface area (Å²) < 4.78 is 39.9. The Hall–Kier alpha value is -1.45. The molecule has 0 saturated heterocycles. The van der Waals surface area contributed by atoms with Crippen LogP contribution < -0.4 is 4.74 Å². The van der Waals surface area contributed by atoms with Gasteiger partial charge in [-0.2, -0.15) is 0 Å². The van der Waals surface area contributed by atoms with Crippen LogP contribution in [0.1, 0.15) is 12.5 Å². The fraction of sp³-hybridized carbons (Fsp3) is 0.273. The number of benzene rings is 1. The highest BCUT2D eigenvalue weighted by Gasteiger charge is 2.31. The van der Waals surface area contributed by atoms with Gasteiger partial charge in [0.15, 0.2) is 0 Å². The SMILES string of the molecule is C=C(C)Cc1ccccc1OC(F)(F)F. The third-order valence-corrected chi connectivity index (χ3v) is 1.69. The number of allylic oxidation sites excluding steroid dienone is 1. The molecule has 1 aromatic rings. The molecule has 0 bridgehead atoms. The van der Waals surface area contributed by atoms with Crippen molar-refractivity contribution in [3.05, 3.63) is 42.0 Å². The van der Waals surface area contributed by atoms with Crippen LogP contribution in [-0.2, 0) is 6.42 Å². The number of rotatable bonds is 3. The van der Waals surface area contributed by atoms with E-state index in [1.54, 1.807) is 19.1 Å². The molecule has 0 aliphatic heterocycles. The number of hydrogen-bond donors (Lipinski definition) is 0. The zero-order chi connectivity index (χ0) is 11.5. The van der Waals surface area contributed by atoms with Crippen LogP contribution in [0, 0.1) is 0 Å². The van der Waals surface area contributed by atoms with Gasteiger partial charge in [0.25, 0.3) is 0 Å². The van der Waals surface area contributed by atoms with E-state index >= 15 is 0 Å². The van der Waals surface area contributed by atoms with Gasteiger partial charge >= 0.3 is 6.36 Å². The molecule has 0 fully saturated rings. The summed E-state index contributed by atoms with van der Waals surface area (Å²) in [6.45, 7) is 5.41. The number of para-hydroxylation sites is 1. The van der Waals surface area contributed by atoms with Gasteiger partial charge in [0.05, 0.1) is 0 Å². The highest BCUT2D eigenvalue weighted by molar-refractivity contribution is 5.35. The second-order valence-corrected chi connectivity index (χ2v) is 3.29. The van der Waals surface area contributed by atoms with Gasteiger partial charge in [0.2, 0.25) is 0 Å². The summed E-state index contributed by atoms with van der Waals surface area (Å²) in [5.41, 5.74) is 1.27. The Morgan fingerprint density at radius 1 is 1.33 bits per heavy atom. The second kappa shape index (κ2) is 4.38. The van der Waals surface area contributed by atoms with E-state index in [0.717, 1.165) is 5.57 Å². The third-order valence-electron chi connectivity index (χ3n) is 1.69. The van der Waals surface area contributed by atoms with E-state index in [2.05, 4.69) is 11.3 Å². The molecule has 0 atom stereocenters. The van der Waals surface area contributed by atoms with Gasteiger partial charge in [-0.1, -0.05) is 30.4 Å². The molecule has 0 spiro atoms. The van der Waals surface area contributed by atoms with Crippen LogP contribution in [0.3, 0.4) is 0 Å². The van der Waals surface area contributed by atoms with Crippen LogP contribution in [0.2, 0.25) is 0 Å². The minimum atomic E-state index is -4.65. The molecule has 15 heavy (non-hydrogen) atoms. The Morgan fingerprint density at radius 2 is 1.93 bits per heavy atom. The monoisotopic (exact) mass is 216 g/mol. The first kappa shape index (κ1) is 11.6. The summed E-state index contributed by atoms with van der Waals surface area (Å²) in [5.74, 6) is -0.159. The van der Waals surface area contributed by atoms with Crippen molar-refractivity contribution in [2.45, 2.75) is 19.7 Å². The molecule has 0 N–H and O–H groups in total. The summed E-state index contributed by atoms with van der Waals surface area (Å²) in [5, 5.41) is 0. The molecule has 0 amide bonds. The summed E-state index contributed by atoms with van der Waals surface area (Å²) in [4.78, 5) is 0. The van der Waals surface area contributed by atoms with Crippen LogP contribution >= 0.6 is 0 Å². The molecule has 0 aliphatic rings. The molecule has 82 valence electrons. The molecule has 1 rings (SSSR count). The van der Waals surface area contributed by atoms with Gasteiger partial charge in [0, 0.05) is 0 Å². The topological polar surface area (TPSA) is 9.23 Å². The highest BCUT2D eigenvalue weighted by atomic mass is 19.4. The molecule has 1 aromatic carbocycles. The molecular weight excluding hydrogens is 205 g/mol. The van der Waals surface area contributed by atoms with E-state index in [0.29, 0.717) is 12.0 Å². The fourth-order valence-electron chi connectivity index (χ4n) is 1.20. The van der Waals surface area contributed by atoms with Gasteiger partial charge in [-0.25, -0.2) is 0 Å². The van der Waals surface area contributed by atoms with Gasteiger partial charge in [0.1, 0.15) is 5.75 Å². The maximum atomic E-state index is 12.0. The lowest BCUT2D eigenvalue weighted by atomic mass is 10.1. The molecule has 0 aliphatic carbocycles. The lowest BCUT2D eigenvalue weighted by molar-refractivity contribution is -0.274. The average molecular weight is 216 g/mol. The molecule has 0 aromatic heterocycles. The third kappa shape index (κ3) is 4.06. The largest absolute Gasteiger partial charge is 0.573 e. The van der Waals surface area contributed by atoms with Crippen molar-refractivity contribution in [3.63, 3.8) is 0 Å². The lowest BCUT2D eigenvalue weighted by Gasteiger charge is -2.12. The van der Waals surface area contributed by atoms with Crippen LogP contribution in [0.15, 0.2) is 36.4 Å². The molecular formula is C11H11F3O. The van der Waals surface area contributed by atoms with Crippen LogP contribution in [-0.4, -0.2) is 6.36 Å². The number of hydrogen-bond acceptors (Lipinski definition) is 1. The minimum Gasteiger partial charge on any atom is -0.405 e. The van der Waals surface area contributed by atoms with Crippen molar-refractivity contribution in [2.24, 2.45) is 0 Å². The number of alkyl halides is 3. The first-order valence-corrected chi connectivity index (χ1v) is 4.36. The van der Waals surface area contributed by atoms with Crippen LogP contribution in [0.25, 0.3) is 0 Å². The standard InChI is InChI=1S/C11H11F3O/c1-8(2)7-9-5-3-4-6-10(9)15-11(12,13)14/h3-6H,1,7H2,2H3. The summed E-state index contributed by atoms with van der Waals surface area (Å²) in [6.07, 6.45) is -4.27. The molecule has 0 radical (unpaired) electrons. The van der Waals surface area contributed by atoms with E-state index in [4.69, 9.17) is 0 Å². The quantitative estimate of drug-likeness (QED) is 0.700. The zero-order valence-electron chi connectivity index (χ0n) is 8.27. The van der Waals surface area contributed by atoms with Crippen LogP contribution in [0.5, 0.6) is 5.75 Å². The van der Waals surface area contributed by atoms with Gasteiger partial charge < -0.3 is 4.74 Å². The molecule has 0 unspecified atom stereocenters. The summed E-state index contributed by atoms with van der Waals surface area (Å²) in [6, 6.07) is 6.06. The second-order valence-electron chi connectivity index (χ2n) is 3.29. The first-order chi connectivity index (χ1) is 6.88. The highest BCUT2D eigenvalue weighted by Crippen LogP contribution is 2.27. The van der Waals surface area contributed by atoms with Crippen molar-refractivity contribution in [1.29, 1.82) is 0 Å². The van der Waals surface area contributed by atoms with E-state index < -0.39 is 6.36 Å². The molecule has 4 heteroatoms. The zero-order valence-corrected chi connectivity index (χ0v) is 8.27. The van der Waals surface area contributed by atoms with E-state index in [1.165, 1.54) is 12.1 Å². The van der Waals surface area contributed by atoms with Crippen molar-refractivity contribution < 1.29 is 17.9 Å². The number of halogens is 3. The predicted molar refractivity (Wildman–Crippen MR) is 51.6 cm³/mol. The van der Waals surface area contributed by atoms with E-state index in [1.807, 2.05) is 0 Å². The Labute approximate surface area is 86.2 Å². The van der Waals surface area contributed by atoms with Gasteiger partial charge in [-0.15, -0.1) is 13.2 Å². The fourth-order valence-corrected chi connectivity index (χ4v) is 1.20. The summed E-state index contributed by atoms with van der Waals surface area (Å²) in [7, 11) is 0. The maximum absolute atomic E-state index is 12.0. The van der Waals surface area contributed by atoms with E-state index in [-0.39, 0.29) is 5.75 Å². The van der Waals surface area contributed by atoms with Crippen LogP contribution in [0.4, 0.5) is 13.2 Å². The van der Waals surface area contributed by atoms with Crippen molar-refractivity contribution in [1.82, 2.24) is 0 Å². The van der Waals surface area contributed by atoms with Crippen molar-refractivity contribution >= 4 is 0 Å². The molecule has 1 nitrogen and oxygen atoms in total. The Balaban J connectivity index is 2.91. The van der Waals surface area contributed by atoms with Gasteiger partial charge in [-0.3, -0.25) is 0 Å². The first-order valence-electron chi connectivity index (χ1n) is 4.36. The molecule has 0 heterocycles. The normalized spacial score (nSPS) is 11.2. The smallest absolute Gasteiger partial charge is 0.405 e. The Morgan fingerprint density at radius 3 is 2.47 bits per heavy atom. The predicted octanol–water partition coefficient (Wildman–Crippen LogP) is 3.70. The maximum Gasteiger partial charge on any atom is 0.573 e. The lowest BCUT2D eigenvalue weighted by Crippen LogP contribution is -2.18. The van der Waals surface area contributed by atoms with Gasteiger partial charge in [-0.05, 0) is 25.0 Å². The Bertz CT molecular complexity index is 355. The minimum absolute atomic E-state index is 0.159. The van der Waals surface area contributed by atoms with Crippen molar-refractivity contribution in [2.75, 3.05) is 0 Å². The summed E-state index contributed by atoms with van der Waals surface area (Å²) >= 11 is 0. The van der Waals surface area contributed by atoms with E-state index in [9.17, 15) is 13.2 Å². The number of ether oxygens (including phenoxy) is 1.